The summed E-state index contributed by atoms with van der Waals surface area (Å²) in [5, 5.41) is 14.2. The van der Waals surface area contributed by atoms with Gasteiger partial charge in [0.05, 0.1) is 24.7 Å². The number of nitrogens with zero attached hydrogens (tertiary/aromatic N) is 2. The Hall–Kier alpha value is -0.940. The molecule has 1 aliphatic heterocycles. The number of rotatable bonds is 3. The number of hydrogen-bond acceptors (Lipinski definition) is 5. The lowest BCUT2D eigenvalue weighted by Gasteiger charge is -2.17. The van der Waals surface area contributed by atoms with E-state index in [0.29, 0.717) is 31.3 Å². The summed E-state index contributed by atoms with van der Waals surface area (Å²) in [6, 6.07) is 0. The minimum atomic E-state index is -0.827. The summed E-state index contributed by atoms with van der Waals surface area (Å²) >= 11 is 0. The van der Waals surface area contributed by atoms with Crippen molar-refractivity contribution in [3.8, 4) is 0 Å². The third-order valence-electron chi connectivity index (χ3n) is 3.21. The van der Waals surface area contributed by atoms with Crippen molar-refractivity contribution >= 4 is 0 Å². The molecule has 2 heterocycles. The fourth-order valence-corrected chi connectivity index (χ4v) is 2.20. The Kier molecular flexibility index (Phi) is 2.26. The first kappa shape index (κ1) is 10.2. The van der Waals surface area contributed by atoms with E-state index in [1.54, 1.807) is 0 Å². The topological polar surface area (TPSA) is 68.4 Å². The summed E-state index contributed by atoms with van der Waals surface area (Å²) in [5.74, 6) is 1.82. The van der Waals surface area contributed by atoms with Crippen LogP contribution < -0.4 is 0 Å². The highest BCUT2D eigenvalue weighted by atomic mass is 16.5. The average Bonchev–Trinajstić information content (AvgIpc) is 2.89. The van der Waals surface area contributed by atoms with E-state index in [-0.39, 0.29) is 6.10 Å². The number of hydrogen-bond donors (Lipinski definition) is 1. The molecule has 3 rings (SSSR count). The van der Waals surface area contributed by atoms with Gasteiger partial charge in [-0.25, -0.2) is 0 Å². The van der Waals surface area contributed by atoms with Gasteiger partial charge in [-0.1, -0.05) is 5.16 Å². The normalized spacial score (nSPS) is 34.5. The van der Waals surface area contributed by atoms with Gasteiger partial charge in [-0.3, -0.25) is 0 Å². The van der Waals surface area contributed by atoms with E-state index in [9.17, 15) is 5.11 Å². The highest BCUT2D eigenvalue weighted by molar-refractivity contribution is 5.05. The Balaban J connectivity index is 1.68. The van der Waals surface area contributed by atoms with Crippen molar-refractivity contribution in [2.24, 2.45) is 0 Å². The smallest absolute Gasteiger partial charge is 0.229 e. The molecule has 0 amide bonds. The third kappa shape index (κ3) is 1.97. The number of aliphatic hydroxyl groups is 1. The second-order valence-corrected chi connectivity index (χ2v) is 5.05. The van der Waals surface area contributed by atoms with Crippen LogP contribution in [0.3, 0.4) is 0 Å². The van der Waals surface area contributed by atoms with Crippen molar-refractivity contribution in [2.45, 2.75) is 50.2 Å². The lowest BCUT2D eigenvalue weighted by Crippen LogP contribution is -2.32. The zero-order valence-electron chi connectivity index (χ0n) is 9.35. The zero-order chi connectivity index (χ0) is 11.2. The lowest BCUT2D eigenvalue weighted by atomic mass is 9.97. The molecular weight excluding hydrogens is 208 g/mol. The molecule has 1 saturated heterocycles. The van der Waals surface area contributed by atoms with Crippen molar-refractivity contribution in [1.82, 2.24) is 10.1 Å². The third-order valence-corrected chi connectivity index (χ3v) is 3.21. The van der Waals surface area contributed by atoms with Crippen molar-refractivity contribution in [3.05, 3.63) is 11.7 Å². The van der Waals surface area contributed by atoms with Gasteiger partial charge in [0.15, 0.2) is 5.82 Å². The monoisotopic (exact) mass is 224 g/mol. The maximum absolute atomic E-state index is 10.2. The van der Waals surface area contributed by atoms with Gasteiger partial charge in [0, 0.05) is 12.3 Å². The number of ether oxygens (including phenoxy) is 1. The molecule has 2 aliphatic rings. The molecule has 16 heavy (non-hydrogen) atoms. The zero-order valence-corrected chi connectivity index (χ0v) is 9.35. The van der Waals surface area contributed by atoms with Crippen LogP contribution >= 0.6 is 0 Å². The molecule has 0 radical (unpaired) electrons. The second-order valence-electron chi connectivity index (χ2n) is 5.05. The molecule has 2 atom stereocenters. The van der Waals surface area contributed by atoms with Gasteiger partial charge in [0.1, 0.15) is 0 Å². The summed E-state index contributed by atoms with van der Waals surface area (Å²) < 4.78 is 10.5. The van der Waals surface area contributed by atoms with Crippen molar-refractivity contribution in [3.63, 3.8) is 0 Å². The van der Waals surface area contributed by atoms with Gasteiger partial charge >= 0.3 is 0 Å². The highest BCUT2D eigenvalue weighted by Crippen LogP contribution is 2.38. The van der Waals surface area contributed by atoms with Gasteiger partial charge < -0.3 is 14.4 Å². The maximum atomic E-state index is 10.2. The van der Waals surface area contributed by atoms with Crippen LogP contribution in [-0.4, -0.2) is 33.6 Å². The van der Waals surface area contributed by atoms with E-state index >= 15 is 0 Å². The summed E-state index contributed by atoms with van der Waals surface area (Å²) in [4.78, 5) is 4.31. The Labute approximate surface area is 93.8 Å². The summed E-state index contributed by atoms with van der Waals surface area (Å²) in [6.07, 6.45) is 3.45. The molecule has 88 valence electrons. The summed E-state index contributed by atoms with van der Waals surface area (Å²) in [7, 11) is 0. The molecule has 5 nitrogen and oxygen atoms in total. The second kappa shape index (κ2) is 3.53. The first-order valence-corrected chi connectivity index (χ1v) is 5.81. The molecule has 0 aromatic carbocycles. The van der Waals surface area contributed by atoms with Crippen LogP contribution in [0.25, 0.3) is 0 Å². The molecule has 1 aromatic heterocycles. The molecular formula is C11H16N2O3. The summed E-state index contributed by atoms with van der Waals surface area (Å²) in [5.41, 5.74) is -0.827. The first-order chi connectivity index (χ1) is 7.65. The SMILES string of the molecule is C[C@H]1C[C@@](O)(Cc2nc(C3CC3)no2)CO1. The first-order valence-electron chi connectivity index (χ1n) is 5.81. The van der Waals surface area contributed by atoms with E-state index in [1.165, 1.54) is 0 Å². The molecule has 2 fully saturated rings. The van der Waals surface area contributed by atoms with Gasteiger partial charge in [-0.05, 0) is 19.8 Å². The number of aromatic nitrogens is 2. The fraction of sp³-hybridized carbons (Fsp3) is 0.818. The minimum absolute atomic E-state index is 0.107. The molecule has 1 aliphatic carbocycles. The van der Waals surface area contributed by atoms with E-state index in [2.05, 4.69) is 10.1 Å². The minimum Gasteiger partial charge on any atom is -0.387 e. The Morgan fingerprint density at radius 1 is 1.50 bits per heavy atom. The quantitative estimate of drug-likeness (QED) is 0.830. The maximum Gasteiger partial charge on any atom is 0.229 e. The van der Waals surface area contributed by atoms with Crippen LogP contribution in [0, 0.1) is 0 Å². The van der Waals surface area contributed by atoms with Crippen LogP contribution in [0.4, 0.5) is 0 Å². The molecule has 1 saturated carbocycles. The Morgan fingerprint density at radius 2 is 2.31 bits per heavy atom. The standard InChI is InChI=1S/C11H16N2O3/c1-7-4-11(14,6-15-7)5-9-12-10(13-16-9)8-2-3-8/h7-8,14H,2-6H2,1H3/t7-,11+/m0/s1. The van der Waals surface area contributed by atoms with Crippen LogP contribution in [-0.2, 0) is 11.2 Å². The van der Waals surface area contributed by atoms with Gasteiger partial charge in [-0.15, -0.1) is 0 Å². The van der Waals surface area contributed by atoms with Gasteiger partial charge in [0.25, 0.3) is 0 Å². The predicted octanol–water partition coefficient (Wildman–Crippen LogP) is 1.03. The van der Waals surface area contributed by atoms with E-state index in [0.717, 1.165) is 18.7 Å². The average molecular weight is 224 g/mol. The van der Waals surface area contributed by atoms with Crippen molar-refractivity contribution < 1.29 is 14.4 Å². The van der Waals surface area contributed by atoms with Gasteiger partial charge in [-0.2, -0.15) is 4.98 Å². The van der Waals surface area contributed by atoms with Gasteiger partial charge in [0.2, 0.25) is 5.89 Å². The van der Waals surface area contributed by atoms with Crippen molar-refractivity contribution in [1.29, 1.82) is 0 Å². The van der Waals surface area contributed by atoms with Crippen LogP contribution in [0.1, 0.15) is 43.8 Å². The van der Waals surface area contributed by atoms with Crippen LogP contribution in [0.2, 0.25) is 0 Å². The molecule has 1 aromatic rings. The Morgan fingerprint density at radius 3 is 2.94 bits per heavy atom. The van der Waals surface area contributed by atoms with Crippen LogP contribution in [0.5, 0.6) is 0 Å². The van der Waals surface area contributed by atoms with Crippen molar-refractivity contribution in [2.75, 3.05) is 6.61 Å². The van der Waals surface area contributed by atoms with Crippen LogP contribution in [0.15, 0.2) is 4.52 Å². The predicted molar refractivity (Wildman–Crippen MR) is 55.0 cm³/mol. The van der Waals surface area contributed by atoms with E-state index < -0.39 is 5.60 Å². The summed E-state index contributed by atoms with van der Waals surface area (Å²) in [6.45, 7) is 2.32. The molecule has 0 spiro atoms. The van der Waals surface area contributed by atoms with E-state index in [4.69, 9.17) is 9.26 Å². The lowest BCUT2D eigenvalue weighted by molar-refractivity contribution is 0.0173. The molecule has 5 heteroatoms. The Bertz CT molecular complexity index is 388. The molecule has 0 unspecified atom stereocenters. The molecule has 0 bridgehead atoms. The molecule has 1 N–H and O–H groups in total. The van der Waals surface area contributed by atoms with E-state index in [1.807, 2.05) is 6.92 Å². The fourth-order valence-electron chi connectivity index (χ4n) is 2.20. The largest absolute Gasteiger partial charge is 0.387 e. The highest BCUT2D eigenvalue weighted by Gasteiger charge is 2.38.